The number of H-pyrrole nitrogens is 1. The van der Waals surface area contributed by atoms with E-state index in [0.29, 0.717) is 11.4 Å². The van der Waals surface area contributed by atoms with E-state index in [-0.39, 0.29) is 40.9 Å². The Morgan fingerprint density at radius 3 is 2.77 bits per heavy atom. The highest BCUT2D eigenvalue weighted by molar-refractivity contribution is 6.14. The first-order valence-electron chi connectivity index (χ1n) is 12.0. The predicted octanol–water partition coefficient (Wildman–Crippen LogP) is 4.14. The van der Waals surface area contributed by atoms with Crippen LogP contribution in [0.5, 0.6) is 0 Å². The van der Waals surface area contributed by atoms with Crippen LogP contribution < -0.4 is 22.0 Å². The van der Waals surface area contributed by atoms with E-state index in [2.05, 4.69) is 45.7 Å². The number of aliphatic imine (C=N–C) groups is 1. The summed E-state index contributed by atoms with van der Waals surface area (Å²) in [5.74, 6) is 0.277. The Morgan fingerprint density at radius 2 is 2.09 bits per heavy atom. The number of aromatic nitrogens is 1. The fraction of sp³-hybridized carbons (Fsp3) is 0.423. The van der Waals surface area contributed by atoms with Gasteiger partial charge in [0.05, 0.1) is 35.6 Å². The average molecular weight is 475 g/mol. The van der Waals surface area contributed by atoms with E-state index in [1.165, 1.54) is 6.21 Å². The van der Waals surface area contributed by atoms with E-state index in [4.69, 9.17) is 11.1 Å². The smallest absolute Gasteiger partial charge is 0.261 e. The Kier molecular flexibility index (Phi) is 8.79. The van der Waals surface area contributed by atoms with Crippen molar-refractivity contribution < 1.29 is 0 Å². The van der Waals surface area contributed by atoms with Crippen LogP contribution in [0.15, 0.2) is 45.4 Å². The van der Waals surface area contributed by atoms with Gasteiger partial charge >= 0.3 is 0 Å². The van der Waals surface area contributed by atoms with Crippen LogP contribution in [-0.4, -0.2) is 29.3 Å². The zero-order chi connectivity index (χ0) is 25.4. The molecule has 0 spiro atoms. The Hall–Kier alpha value is -3.93. The molecule has 9 heteroatoms. The SMILES string of the molecule is Cc1cc(N=C(N)c2c(N[C@H]3CCCCC3C#N)cc[nH]c2=O)ccc1C(N/N=C\C=N)C(C)C. The number of nitrogens with one attached hydrogen (secondary N) is 4. The minimum atomic E-state index is -0.331. The van der Waals surface area contributed by atoms with E-state index in [0.717, 1.165) is 43.0 Å². The molecule has 9 nitrogen and oxygen atoms in total. The van der Waals surface area contributed by atoms with Crippen molar-refractivity contribution in [2.75, 3.05) is 5.32 Å². The lowest BCUT2D eigenvalue weighted by atomic mass is 9.85. The van der Waals surface area contributed by atoms with Gasteiger partial charge in [-0.25, -0.2) is 4.99 Å². The Balaban J connectivity index is 1.90. The van der Waals surface area contributed by atoms with Gasteiger partial charge in [0.2, 0.25) is 0 Å². The molecule has 1 heterocycles. The first-order chi connectivity index (χ1) is 16.8. The molecule has 1 aromatic carbocycles. The summed E-state index contributed by atoms with van der Waals surface area (Å²) < 4.78 is 0. The van der Waals surface area contributed by atoms with Crippen LogP contribution in [-0.2, 0) is 0 Å². The van der Waals surface area contributed by atoms with Gasteiger partial charge in [-0.1, -0.05) is 32.8 Å². The maximum atomic E-state index is 12.7. The highest BCUT2D eigenvalue weighted by atomic mass is 16.1. The van der Waals surface area contributed by atoms with Gasteiger partial charge in [0.1, 0.15) is 11.4 Å². The molecular formula is C26H34N8O. The van der Waals surface area contributed by atoms with E-state index in [1.807, 2.05) is 25.1 Å². The number of amidine groups is 1. The summed E-state index contributed by atoms with van der Waals surface area (Å²) in [6, 6.07) is 9.87. The lowest BCUT2D eigenvalue weighted by molar-refractivity contribution is 0.388. The van der Waals surface area contributed by atoms with Crippen LogP contribution in [0.3, 0.4) is 0 Å². The van der Waals surface area contributed by atoms with E-state index in [9.17, 15) is 10.1 Å². The van der Waals surface area contributed by atoms with Gasteiger partial charge in [-0.15, -0.1) is 0 Å². The fourth-order valence-electron chi connectivity index (χ4n) is 4.52. The third-order valence-electron chi connectivity index (χ3n) is 6.36. The van der Waals surface area contributed by atoms with Gasteiger partial charge in [0.25, 0.3) is 5.56 Å². The number of nitrogens with two attached hydrogens (primary N) is 1. The number of pyridine rings is 1. The molecule has 1 aliphatic rings. The summed E-state index contributed by atoms with van der Waals surface area (Å²) in [6.45, 7) is 6.19. The first-order valence-corrected chi connectivity index (χ1v) is 12.0. The van der Waals surface area contributed by atoms with Crippen molar-refractivity contribution >= 4 is 29.6 Å². The van der Waals surface area contributed by atoms with E-state index < -0.39 is 0 Å². The predicted molar refractivity (Wildman–Crippen MR) is 142 cm³/mol. The second kappa shape index (κ2) is 12.0. The summed E-state index contributed by atoms with van der Waals surface area (Å²) >= 11 is 0. The van der Waals surface area contributed by atoms with Crippen molar-refractivity contribution in [3.05, 3.63) is 57.5 Å². The van der Waals surface area contributed by atoms with Gasteiger partial charge in [-0.05, 0) is 55.0 Å². The van der Waals surface area contributed by atoms with Gasteiger partial charge in [0.15, 0.2) is 0 Å². The minimum absolute atomic E-state index is 0.0283. The van der Waals surface area contributed by atoms with E-state index >= 15 is 0 Å². The number of aromatic amines is 1. The summed E-state index contributed by atoms with van der Waals surface area (Å²) in [5, 5.41) is 24.1. The highest BCUT2D eigenvalue weighted by Gasteiger charge is 2.26. The highest BCUT2D eigenvalue weighted by Crippen LogP contribution is 2.29. The molecule has 0 aliphatic heterocycles. The van der Waals surface area contributed by atoms with Crippen molar-refractivity contribution in [2.45, 2.75) is 58.5 Å². The first kappa shape index (κ1) is 25.7. The monoisotopic (exact) mass is 474 g/mol. The minimum Gasteiger partial charge on any atom is -0.383 e. The fourth-order valence-corrected chi connectivity index (χ4v) is 4.52. The molecule has 0 saturated heterocycles. The summed E-state index contributed by atoms with van der Waals surface area (Å²) in [4.78, 5) is 20.0. The van der Waals surface area contributed by atoms with Gasteiger partial charge in [-0.3, -0.25) is 4.79 Å². The van der Waals surface area contributed by atoms with Gasteiger partial charge in [-0.2, -0.15) is 10.4 Å². The lowest BCUT2D eigenvalue weighted by Crippen LogP contribution is -2.34. The maximum absolute atomic E-state index is 12.7. The molecule has 2 aromatic rings. The second-order valence-electron chi connectivity index (χ2n) is 9.20. The molecule has 0 amide bonds. The molecule has 3 atom stereocenters. The lowest BCUT2D eigenvalue weighted by Gasteiger charge is -2.29. The molecule has 1 fully saturated rings. The number of nitriles is 1. The topological polar surface area (TPSA) is 155 Å². The Morgan fingerprint density at radius 1 is 1.31 bits per heavy atom. The van der Waals surface area contributed by atoms with Crippen LogP contribution in [0, 0.1) is 35.5 Å². The van der Waals surface area contributed by atoms with Crippen LogP contribution in [0.4, 0.5) is 11.4 Å². The standard InChI is InChI=1S/C26H34N8O/c1-16(2)24(34-31-13-11-27)20-9-8-19(14-17(20)3)32-25(29)23-22(10-12-30-26(23)35)33-21-7-5-4-6-18(21)15-28/h8-14,16,18,21,24,27,34H,4-7H2,1-3H3,(H2,29,32)(H2,30,33,35)/b27-11?,31-13-/t18?,21-,24?/m0/s1. The summed E-state index contributed by atoms with van der Waals surface area (Å²) in [5.41, 5.74) is 12.7. The number of nitrogens with zero attached hydrogens (tertiary/aromatic N) is 3. The maximum Gasteiger partial charge on any atom is 0.261 e. The number of hydrazone groups is 1. The van der Waals surface area contributed by atoms with Gasteiger partial charge < -0.3 is 26.9 Å². The van der Waals surface area contributed by atoms with Crippen LogP contribution >= 0.6 is 0 Å². The third-order valence-corrected chi connectivity index (χ3v) is 6.36. The average Bonchev–Trinajstić information content (AvgIpc) is 2.83. The van der Waals surface area contributed by atoms with Crippen LogP contribution in [0.2, 0.25) is 0 Å². The molecule has 184 valence electrons. The normalized spacial score (nSPS) is 19.3. The third kappa shape index (κ3) is 6.35. The Labute approximate surface area is 206 Å². The summed E-state index contributed by atoms with van der Waals surface area (Å²) in [6.07, 6.45) is 7.91. The molecule has 3 rings (SSSR count). The van der Waals surface area contributed by atoms with Crippen LogP contribution in [0.25, 0.3) is 0 Å². The molecule has 1 aromatic heterocycles. The zero-order valence-corrected chi connectivity index (χ0v) is 20.5. The van der Waals surface area contributed by atoms with Crippen molar-refractivity contribution in [3.63, 3.8) is 0 Å². The molecular weight excluding hydrogens is 440 g/mol. The number of hydrogen-bond donors (Lipinski definition) is 5. The Bertz CT molecular complexity index is 1190. The van der Waals surface area contributed by atoms with E-state index in [1.54, 1.807) is 12.3 Å². The van der Waals surface area contributed by atoms with Gasteiger partial charge in [0, 0.05) is 18.5 Å². The number of hydrogen-bond acceptors (Lipinski definition) is 7. The second-order valence-corrected chi connectivity index (χ2v) is 9.20. The number of rotatable bonds is 9. The molecule has 2 unspecified atom stereocenters. The molecule has 35 heavy (non-hydrogen) atoms. The molecule has 1 aliphatic carbocycles. The number of aryl methyl sites for hydroxylation is 1. The van der Waals surface area contributed by atoms with Crippen LogP contribution in [0.1, 0.15) is 62.3 Å². The molecule has 1 saturated carbocycles. The molecule has 0 radical (unpaired) electrons. The quantitative estimate of drug-likeness (QED) is 0.210. The van der Waals surface area contributed by atoms with Crippen molar-refractivity contribution in [3.8, 4) is 6.07 Å². The summed E-state index contributed by atoms with van der Waals surface area (Å²) in [7, 11) is 0. The zero-order valence-electron chi connectivity index (χ0n) is 20.5. The largest absolute Gasteiger partial charge is 0.383 e. The number of benzene rings is 1. The van der Waals surface area contributed by atoms with Crippen molar-refractivity contribution in [1.82, 2.24) is 10.4 Å². The number of anilines is 1. The molecule has 0 bridgehead atoms. The van der Waals surface area contributed by atoms with Crippen molar-refractivity contribution in [2.24, 2.45) is 27.7 Å². The molecule has 6 N–H and O–H groups in total. The van der Waals surface area contributed by atoms with Crippen molar-refractivity contribution in [1.29, 1.82) is 10.7 Å².